The van der Waals surface area contributed by atoms with Crippen LogP contribution in [0.4, 0.5) is 5.00 Å². The third-order valence-electron chi connectivity index (χ3n) is 6.02. The van der Waals surface area contributed by atoms with Crippen molar-refractivity contribution in [1.82, 2.24) is 4.57 Å². The van der Waals surface area contributed by atoms with Gasteiger partial charge in [0.25, 0.3) is 0 Å². The lowest BCUT2D eigenvalue weighted by Crippen LogP contribution is -2.18. The van der Waals surface area contributed by atoms with Crippen LogP contribution < -0.4 is 5.32 Å². The minimum Gasteiger partial charge on any atom is -0.454 e. The number of aromatic nitrogens is 1. The maximum atomic E-state index is 13.0. The van der Waals surface area contributed by atoms with E-state index in [1.807, 2.05) is 55.7 Å². The van der Waals surface area contributed by atoms with Crippen molar-refractivity contribution in [3.05, 3.63) is 68.9 Å². The van der Waals surface area contributed by atoms with Crippen molar-refractivity contribution in [2.75, 3.05) is 11.9 Å². The molecule has 2 aromatic heterocycles. The molecule has 0 unspecified atom stereocenters. The van der Waals surface area contributed by atoms with Crippen LogP contribution in [0.2, 0.25) is 0 Å². The summed E-state index contributed by atoms with van der Waals surface area (Å²) in [6.07, 6.45) is 3.73. The predicted octanol–water partition coefficient (Wildman–Crippen LogP) is 5.34. The fourth-order valence-electron chi connectivity index (χ4n) is 4.45. The highest BCUT2D eigenvalue weighted by molar-refractivity contribution is 7.17. The van der Waals surface area contributed by atoms with E-state index >= 15 is 0 Å². The molecule has 1 aliphatic carbocycles. The molecule has 3 aromatic rings. The number of carbonyl (C=O) groups excluding carboxylic acids is 3. The number of ketones is 1. The number of hydrogen-bond acceptors (Lipinski definition) is 5. The lowest BCUT2D eigenvalue weighted by Gasteiger charge is -2.13. The highest BCUT2D eigenvalue weighted by Crippen LogP contribution is 2.38. The number of thiophene rings is 1. The van der Waals surface area contributed by atoms with Crippen molar-refractivity contribution in [3.8, 4) is 5.69 Å². The molecule has 7 heteroatoms. The molecule has 1 aliphatic rings. The van der Waals surface area contributed by atoms with Gasteiger partial charge < -0.3 is 14.6 Å². The second-order valence-corrected chi connectivity index (χ2v) is 9.66. The number of aryl methyl sites for hydroxylation is 3. The van der Waals surface area contributed by atoms with Gasteiger partial charge in [-0.05, 0) is 70.2 Å². The molecule has 0 atom stereocenters. The van der Waals surface area contributed by atoms with Crippen molar-refractivity contribution >= 4 is 34.0 Å². The van der Waals surface area contributed by atoms with Gasteiger partial charge in [-0.25, -0.2) is 4.79 Å². The van der Waals surface area contributed by atoms with Gasteiger partial charge in [0, 0.05) is 34.4 Å². The van der Waals surface area contributed by atoms with Crippen LogP contribution >= 0.6 is 11.3 Å². The second kappa shape index (κ2) is 9.35. The zero-order valence-corrected chi connectivity index (χ0v) is 20.2. The first-order valence-electron chi connectivity index (χ1n) is 11.1. The van der Waals surface area contributed by atoms with Gasteiger partial charge in [-0.15, -0.1) is 11.3 Å². The van der Waals surface area contributed by atoms with Gasteiger partial charge in [0.2, 0.25) is 11.7 Å². The number of benzene rings is 1. The second-order valence-electron chi connectivity index (χ2n) is 8.55. The summed E-state index contributed by atoms with van der Waals surface area (Å²) in [6, 6.07) is 9.94. The standard InChI is InChI=1S/C26H28N2O4S/c1-15-9-11-19(12-10-15)28-16(2)13-21(17(28)3)22(30)14-32-26(31)24-20-7-5-6-8-23(20)33-25(24)27-18(4)29/h9-13H,5-8,14H2,1-4H3,(H,27,29). The summed E-state index contributed by atoms with van der Waals surface area (Å²) >= 11 is 1.43. The number of rotatable bonds is 6. The van der Waals surface area contributed by atoms with Crippen molar-refractivity contribution < 1.29 is 19.1 Å². The number of ether oxygens (including phenoxy) is 1. The number of esters is 1. The summed E-state index contributed by atoms with van der Waals surface area (Å²) in [4.78, 5) is 38.7. The molecule has 4 rings (SSSR count). The van der Waals surface area contributed by atoms with Gasteiger partial charge in [-0.2, -0.15) is 0 Å². The fourth-order valence-corrected chi connectivity index (χ4v) is 5.77. The molecule has 0 saturated carbocycles. The number of carbonyl (C=O) groups is 3. The Morgan fingerprint density at radius 1 is 1.06 bits per heavy atom. The molecular formula is C26H28N2O4S. The summed E-state index contributed by atoms with van der Waals surface area (Å²) in [5, 5.41) is 3.28. The lowest BCUT2D eigenvalue weighted by atomic mass is 9.95. The van der Waals surface area contributed by atoms with Crippen LogP contribution in [-0.2, 0) is 22.4 Å². The van der Waals surface area contributed by atoms with E-state index in [9.17, 15) is 14.4 Å². The molecule has 1 aromatic carbocycles. The Labute approximate surface area is 197 Å². The Bertz CT molecular complexity index is 1230. The first-order valence-corrected chi connectivity index (χ1v) is 12.0. The summed E-state index contributed by atoms with van der Waals surface area (Å²) in [7, 11) is 0. The van der Waals surface area contributed by atoms with Crippen LogP contribution in [0, 0.1) is 20.8 Å². The molecule has 172 valence electrons. The number of nitrogens with zero attached hydrogens (tertiary/aromatic N) is 1. The Morgan fingerprint density at radius 3 is 2.45 bits per heavy atom. The van der Waals surface area contributed by atoms with Gasteiger partial charge in [0.1, 0.15) is 5.00 Å². The largest absolute Gasteiger partial charge is 0.454 e. The molecule has 0 aliphatic heterocycles. The molecule has 6 nitrogen and oxygen atoms in total. The monoisotopic (exact) mass is 464 g/mol. The summed E-state index contributed by atoms with van der Waals surface area (Å²) < 4.78 is 7.50. The molecule has 0 fully saturated rings. The van der Waals surface area contributed by atoms with E-state index in [2.05, 4.69) is 5.32 Å². The smallest absolute Gasteiger partial charge is 0.341 e. The van der Waals surface area contributed by atoms with Crippen LogP contribution in [0.1, 0.15) is 67.9 Å². The number of anilines is 1. The van der Waals surface area contributed by atoms with E-state index in [0.29, 0.717) is 16.1 Å². The minimum atomic E-state index is -0.557. The van der Waals surface area contributed by atoms with Gasteiger partial charge >= 0.3 is 5.97 Å². The van der Waals surface area contributed by atoms with Crippen LogP contribution in [0.5, 0.6) is 0 Å². The molecule has 0 radical (unpaired) electrons. The van der Waals surface area contributed by atoms with Gasteiger partial charge in [0.15, 0.2) is 6.61 Å². The van der Waals surface area contributed by atoms with Crippen LogP contribution in [0.15, 0.2) is 30.3 Å². The van der Waals surface area contributed by atoms with Gasteiger partial charge in [0.05, 0.1) is 5.56 Å². The number of amides is 1. The molecule has 0 saturated heterocycles. The molecule has 1 N–H and O–H groups in total. The maximum Gasteiger partial charge on any atom is 0.341 e. The molecule has 2 heterocycles. The maximum absolute atomic E-state index is 13.0. The summed E-state index contributed by atoms with van der Waals surface area (Å²) in [6.45, 7) is 6.95. The molecule has 0 spiro atoms. The van der Waals surface area contributed by atoms with Crippen LogP contribution in [-0.4, -0.2) is 28.8 Å². The summed E-state index contributed by atoms with van der Waals surface area (Å²) in [5.41, 5.74) is 5.79. The highest BCUT2D eigenvalue weighted by atomic mass is 32.1. The van der Waals surface area contributed by atoms with Crippen LogP contribution in [0.3, 0.4) is 0 Å². The average molecular weight is 465 g/mol. The SMILES string of the molecule is CC(=O)Nc1sc2c(c1C(=O)OCC(=O)c1cc(C)n(-c3ccc(C)cc3)c1C)CCCC2. The van der Waals surface area contributed by atoms with Crippen LogP contribution in [0.25, 0.3) is 5.69 Å². The Kier molecular flexibility index (Phi) is 6.51. The predicted molar refractivity (Wildman–Crippen MR) is 130 cm³/mol. The number of fused-ring (bicyclic) bond motifs is 1. The van der Waals surface area contributed by atoms with Crippen molar-refractivity contribution in [2.24, 2.45) is 0 Å². The normalized spacial score (nSPS) is 12.8. The number of hydrogen-bond donors (Lipinski definition) is 1. The first kappa shape index (κ1) is 23.0. The Hall–Kier alpha value is -3.19. The number of nitrogens with one attached hydrogen (secondary N) is 1. The van der Waals surface area contributed by atoms with E-state index in [1.165, 1.54) is 23.8 Å². The quantitative estimate of drug-likeness (QED) is 0.395. The average Bonchev–Trinajstić information content (AvgIpc) is 3.28. The molecular weight excluding hydrogens is 436 g/mol. The fraction of sp³-hybridized carbons (Fsp3) is 0.346. The minimum absolute atomic E-state index is 0.234. The topological polar surface area (TPSA) is 77.4 Å². The lowest BCUT2D eigenvalue weighted by molar-refractivity contribution is -0.114. The van der Waals surface area contributed by atoms with E-state index in [-0.39, 0.29) is 18.3 Å². The van der Waals surface area contributed by atoms with E-state index in [1.54, 1.807) is 0 Å². The third kappa shape index (κ3) is 4.64. The van der Waals surface area contributed by atoms with Crippen molar-refractivity contribution in [1.29, 1.82) is 0 Å². The zero-order valence-electron chi connectivity index (χ0n) is 19.4. The molecule has 33 heavy (non-hydrogen) atoms. The van der Waals surface area contributed by atoms with Gasteiger partial charge in [-0.1, -0.05) is 17.7 Å². The Balaban J connectivity index is 1.54. The first-order chi connectivity index (χ1) is 15.8. The Morgan fingerprint density at radius 2 is 1.76 bits per heavy atom. The third-order valence-corrected chi connectivity index (χ3v) is 7.23. The summed E-state index contributed by atoms with van der Waals surface area (Å²) in [5.74, 6) is -1.04. The van der Waals surface area contributed by atoms with Crippen molar-refractivity contribution in [3.63, 3.8) is 0 Å². The van der Waals surface area contributed by atoms with E-state index in [0.717, 1.165) is 53.2 Å². The van der Waals surface area contributed by atoms with Gasteiger partial charge in [-0.3, -0.25) is 9.59 Å². The van der Waals surface area contributed by atoms with E-state index in [4.69, 9.17) is 4.74 Å². The molecule has 0 bridgehead atoms. The van der Waals surface area contributed by atoms with E-state index < -0.39 is 5.97 Å². The highest BCUT2D eigenvalue weighted by Gasteiger charge is 2.28. The zero-order chi connectivity index (χ0) is 23.7. The van der Waals surface area contributed by atoms with Crippen molar-refractivity contribution in [2.45, 2.75) is 53.4 Å². The number of Topliss-reactive ketones (excluding diaryl/α,β-unsaturated/α-hetero) is 1. The molecule has 1 amide bonds.